The molecule has 0 aromatic rings. The van der Waals surface area contributed by atoms with E-state index in [1.54, 1.807) is 0 Å². The van der Waals surface area contributed by atoms with Crippen molar-refractivity contribution in [3.8, 4) is 0 Å². The minimum atomic E-state index is 0.262. The van der Waals surface area contributed by atoms with Crippen LogP contribution in [0.5, 0.6) is 0 Å². The zero-order valence-corrected chi connectivity index (χ0v) is 13.1. The van der Waals surface area contributed by atoms with Gasteiger partial charge in [0.1, 0.15) is 0 Å². The molecule has 0 aliphatic rings. The van der Waals surface area contributed by atoms with Gasteiger partial charge in [-0.1, -0.05) is 40.5 Å². The van der Waals surface area contributed by atoms with Crippen LogP contribution in [0.1, 0.15) is 60.3 Å². The summed E-state index contributed by atoms with van der Waals surface area (Å²) in [6, 6.07) is 0.592. The maximum atomic E-state index is 3.70. The summed E-state index contributed by atoms with van der Waals surface area (Å²) in [4.78, 5) is 2.39. The summed E-state index contributed by atoms with van der Waals surface area (Å²) >= 11 is 0. The van der Waals surface area contributed by atoms with E-state index in [0.29, 0.717) is 6.04 Å². The van der Waals surface area contributed by atoms with E-state index in [1.165, 1.54) is 25.7 Å². The van der Waals surface area contributed by atoms with E-state index in [-0.39, 0.29) is 5.54 Å². The molecule has 0 aliphatic heterocycles. The van der Waals surface area contributed by atoms with E-state index in [0.717, 1.165) is 12.5 Å². The van der Waals surface area contributed by atoms with Crippen LogP contribution >= 0.6 is 0 Å². The Hall–Kier alpha value is -0.0800. The van der Waals surface area contributed by atoms with Gasteiger partial charge in [-0.05, 0) is 46.3 Å². The third-order valence-electron chi connectivity index (χ3n) is 4.36. The van der Waals surface area contributed by atoms with Crippen LogP contribution in [0.15, 0.2) is 0 Å². The van der Waals surface area contributed by atoms with Crippen LogP contribution in [-0.4, -0.2) is 37.1 Å². The van der Waals surface area contributed by atoms with Crippen molar-refractivity contribution in [2.24, 2.45) is 5.92 Å². The molecule has 0 heterocycles. The molecule has 0 rings (SSSR count). The van der Waals surface area contributed by atoms with Gasteiger partial charge in [0.25, 0.3) is 0 Å². The van der Waals surface area contributed by atoms with Gasteiger partial charge >= 0.3 is 0 Å². The van der Waals surface area contributed by atoms with E-state index in [2.05, 4.69) is 58.9 Å². The van der Waals surface area contributed by atoms with Gasteiger partial charge in [-0.3, -0.25) is 0 Å². The molecule has 0 aliphatic carbocycles. The van der Waals surface area contributed by atoms with Crippen molar-refractivity contribution in [1.82, 2.24) is 10.2 Å². The van der Waals surface area contributed by atoms with E-state index < -0.39 is 0 Å². The monoisotopic (exact) mass is 242 g/mol. The van der Waals surface area contributed by atoms with Gasteiger partial charge in [-0.15, -0.1) is 0 Å². The van der Waals surface area contributed by atoms with E-state index >= 15 is 0 Å². The molecule has 0 fully saturated rings. The SMILES string of the molecule is CCCC(C)CC(NCC)C(C)(CC)N(C)C. The highest BCUT2D eigenvalue weighted by Crippen LogP contribution is 2.27. The van der Waals surface area contributed by atoms with Crippen LogP contribution < -0.4 is 5.32 Å². The van der Waals surface area contributed by atoms with Gasteiger partial charge in [-0.2, -0.15) is 0 Å². The van der Waals surface area contributed by atoms with Crippen LogP contribution in [0.25, 0.3) is 0 Å². The van der Waals surface area contributed by atoms with E-state index in [1.807, 2.05) is 0 Å². The second-order valence-electron chi connectivity index (χ2n) is 5.84. The molecule has 0 spiro atoms. The highest BCUT2D eigenvalue weighted by Gasteiger charge is 2.34. The second kappa shape index (κ2) is 8.10. The van der Waals surface area contributed by atoms with E-state index in [9.17, 15) is 0 Å². The molecule has 3 atom stereocenters. The molecular formula is C15H34N2. The Bertz CT molecular complexity index is 191. The minimum Gasteiger partial charge on any atom is -0.312 e. The van der Waals surface area contributed by atoms with Crippen LogP contribution in [0.4, 0.5) is 0 Å². The van der Waals surface area contributed by atoms with Gasteiger partial charge in [-0.25, -0.2) is 0 Å². The van der Waals surface area contributed by atoms with Crippen molar-refractivity contribution in [2.75, 3.05) is 20.6 Å². The fraction of sp³-hybridized carbons (Fsp3) is 1.00. The fourth-order valence-electron chi connectivity index (χ4n) is 2.69. The largest absolute Gasteiger partial charge is 0.312 e. The molecule has 0 aromatic heterocycles. The predicted octanol–water partition coefficient (Wildman–Crippen LogP) is 3.52. The average molecular weight is 242 g/mol. The van der Waals surface area contributed by atoms with E-state index in [4.69, 9.17) is 0 Å². The van der Waals surface area contributed by atoms with Gasteiger partial charge in [0.2, 0.25) is 0 Å². The lowest BCUT2D eigenvalue weighted by Crippen LogP contribution is -2.57. The molecule has 0 aromatic carbocycles. The molecule has 0 radical (unpaired) electrons. The lowest BCUT2D eigenvalue weighted by Gasteiger charge is -2.44. The minimum absolute atomic E-state index is 0.262. The summed E-state index contributed by atoms with van der Waals surface area (Å²) in [6.07, 6.45) is 5.11. The highest BCUT2D eigenvalue weighted by atomic mass is 15.2. The highest BCUT2D eigenvalue weighted by molar-refractivity contribution is 4.94. The first kappa shape index (κ1) is 16.9. The Morgan fingerprint density at radius 2 is 1.76 bits per heavy atom. The number of hydrogen-bond acceptors (Lipinski definition) is 2. The molecule has 104 valence electrons. The molecule has 0 amide bonds. The third kappa shape index (κ3) is 4.97. The first-order valence-corrected chi connectivity index (χ1v) is 7.33. The lowest BCUT2D eigenvalue weighted by molar-refractivity contribution is 0.0996. The van der Waals surface area contributed by atoms with Crippen molar-refractivity contribution < 1.29 is 0 Å². The Kier molecular flexibility index (Phi) is 8.06. The molecule has 0 bridgehead atoms. The molecule has 1 N–H and O–H groups in total. The average Bonchev–Trinajstić information content (AvgIpc) is 2.27. The van der Waals surface area contributed by atoms with Gasteiger partial charge in [0.15, 0.2) is 0 Å². The number of hydrogen-bond donors (Lipinski definition) is 1. The first-order valence-electron chi connectivity index (χ1n) is 7.33. The smallest absolute Gasteiger partial charge is 0.0325 e. The molecule has 0 saturated heterocycles. The van der Waals surface area contributed by atoms with Crippen molar-refractivity contribution in [2.45, 2.75) is 71.9 Å². The molecule has 0 saturated carbocycles. The van der Waals surface area contributed by atoms with Crippen LogP contribution in [0.3, 0.4) is 0 Å². The van der Waals surface area contributed by atoms with Crippen LogP contribution in [0.2, 0.25) is 0 Å². The van der Waals surface area contributed by atoms with Gasteiger partial charge < -0.3 is 10.2 Å². The third-order valence-corrected chi connectivity index (χ3v) is 4.36. The lowest BCUT2D eigenvalue weighted by atomic mass is 9.81. The molecule has 3 unspecified atom stereocenters. The zero-order chi connectivity index (χ0) is 13.5. The predicted molar refractivity (Wildman–Crippen MR) is 78.5 cm³/mol. The zero-order valence-electron chi connectivity index (χ0n) is 13.1. The Morgan fingerprint density at radius 1 is 1.18 bits per heavy atom. The summed E-state index contributed by atoms with van der Waals surface area (Å²) in [5, 5.41) is 3.70. The summed E-state index contributed by atoms with van der Waals surface area (Å²) in [5.74, 6) is 0.815. The fourth-order valence-corrected chi connectivity index (χ4v) is 2.69. The molecule has 2 nitrogen and oxygen atoms in total. The van der Waals surface area contributed by atoms with Crippen molar-refractivity contribution in [1.29, 1.82) is 0 Å². The summed E-state index contributed by atoms with van der Waals surface area (Å²) in [7, 11) is 4.41. The normalized spacial score (nSPS) is 19.1. The van der Waals surface area contributed by atoms with Crippen molar-refractivity contribution in [3.63, 3.8) is 0 Å². The Labute approximate surface area is 109 Å². The number of nitrogens with one attached hydrogen (secondary N) is 1. The Morgan fingerprint density at radius 3 is 2.12 bits per heavy atom. The molecular weight excluding hydrogens is 208 g/mol. The molecule has 2 heteroatoms. The quantitative estimate of drug-likeness (QED) is 0.665. The summed E-state index contributed by atoms with van der Waals surface area (Å²) < 4.78 is 0. The summed E-state index contributed by atoms with van der Waals surface area (Å²) in [6.45, 7) is 12.6. The number of likely N-dealkylation sites (N-methyl/N-ethyl adjacent to an activating group) is 2. The standard InChI is InChI=1S/C15H34N2/c1-8-11-13(4)12-14(16-10-3)15(5,9-2)17(6)7/h13-14,16H,8-12H2,1-7H3. The topological polar surface area (TPSA) is 15.3 Å². The number of nitrogens with zero attached hydrogens (tertiary/aromatic N) is 1. The van der Waals surface area contributed by atoms with Gasteiger partial charge in [0.05, 0.1) is 0 Å². The maximum Gasteiger partial charge on any atom is 0.0325 e. The number of rotatable bonds is 9. The molecule has 17 heavy (non-hydrogen) atoms. The van der Waals surface area contributed by atoms with Crippen LogP contribution in [-0.2, 0) is 0 Å². The Balaban J connectivity index is 4.68. The van der Waals surface area contributed by atoms with Crippen LogP contribution in [0, 0.1) is 5.92 Å². The van der Waals surface area contributed by atoms with Crippen molar-refractivity contribution >= 4 is 0 Å². The first-order chi connectivity index (χ1) is 7.92. The second-order valence-corrected chi connectivity index (χ2v) is 5.84. The maximum absolute atomic E-state index is 3.70. The van der Waals surface area contributed by atoms with Gasteiger partial charge in [0, 0.05) is 11.6 Å². The summed E-state index contributed by atoms with van der Waals surface area (Å²) in [5.41, 5.74) is 0.262. The van der Waals surface area contributed by atoms with Crippen molar-refractivity contribution in [3.05, 3.63) is 0 Å².